The van der Waals surface area contributed by atoms with Crippen LogP contribution in [0.25, 0.3) is 11.3 Å². The van der Waals surface area contributed by atoms with Gasteiger partial charge in [-0.2, -0.15) is 0 Å². The summed E-state index contributed by atoms with van der Waals surface area (Å²) in [6, 6.07) is 6.30. The van der Waals surface area contributed by atoms with Gasteiger partial charge < -0.3 is 5.48 Å². The third-order valence-electron chi connectivity index (χ3n) is 2.94. The molecule has 2 rings (SSSR count). The SMILES string of the molecule is Cc1cnc(C)c(-c2cccc(C)c2C)n1.O. The van der Waals surface area contributed by atoms with Crippen LogP contribution in [0.5, 0.6) is 0 Å². The average molecular weight is 230 g/mol. The van der Waals surface area contributed by atoms with Crippen LogP contribution in [0.1, 0.15) is 22.5 Å². The Morgan fingerprint density at radius 1 is 1.00 bits per heavy atom. The van der Waals surface area contributed by atoms with Crippen LogP contribution in [0.4, 0.5) is 0 Å². The highest BCUT2D eigenvalue weighted by atomic mass is 16.0. The molecule has 0 fully saturated rings. The summed E-state index contributed by atoms with van der Waals surface area (Å²) in [6.07, 6.45) is 1.81. The number of hydrogen-bond acceptors (Lipinski definition) is 2. The number of aromatic nitrogens is 2. The Labute approximate surface area is 102 Å². The van der Waals surface area contributed by atoms with E-state index in [4.69, 9.17) is 0 Å². The van der Waals surface area contributed by atoms with Crippen molar-refractivity contribution in [3.8, 4) is 11.3 Å². The van der Waals surface area contributed by atoms with Crippen molar-refractivity contribution in [2.45, 2.75) is 27.7 Å². The predicted octanol–water partition coefficient (Wildman–Crippen LogP) is 2.55. The second-order valence-corrected chi connectivity index (χ2v) is 4.19. The quantitative estimate of drug-likeness (QED) is 0.756. The van der Waals surface area contributed by atoms with Crippen LogP contribution >= 0.6 is 0 Å². The predicted molar refractivity (Wildman–Crippen MR) is 70.0 cm³/mol. The zero-order chi connectivity index (χ0) is 11.7. The molecule has 0 amide bonds. The van der Waals surface area contributed by atoms with Gasteiger partial charge in [-0.25, -0.2) is 4.98 Å². The van der Waals surface area contributed by atoms with E-state index in [-0.39, 0.29) is 5.48 Å². The Hall–Kier alpha value is -1.74. The molecule has 0 spiro atoms. The molecule has 1 heterocycles. The van der Waals surface area contributed by atoms with E-state index < -0.39 is 0 Å². The van der Waals surface area contributed by atoms with E-state index >= 15 is 0 Å². The molecular formula is C14H18N2O. The van der Waals surface area contributed by atoms with E-state index in [2.05, 4.69) is 42.0 Å². The molecule has 0 aliphatic rings. The first-order chi connectivity index (χ1) is 7.59. The van der Waals surface area contributed by atoms with Crippen LogP contribution in [-0.4, -0.2) is 15.4 Å². The van der Waals surface area contributed by atoms with Crippen molar-refractivity contribution in [2.24, 2.45) is 0 Å². The lowest BCUT2D eigenvalue weighted by atomic mass is 10.00. The minimum atomic E-state index is 0. The van der Waals surface area contributed by atoms with Gasteiger partial charge in [-0.15, -0.1) is 0 Å². The first-order valence-corrected chi connectivity index (χ1v) is 5.46. The summed E-state index contributed by atoms with van der Waals surface area (Å²) >= 11 is 0. The van der Waals surface area contributed by atoms with Crippen molar-refractivity contribution in [1.82, 2.24) is 9.97 Å². The lowest BCUT2D eigenvalue weighted by molar-refractivity contribution is 0.824. The Kier molecular flexibility index (Phi) is 3.97. The maximum Gasteiger partial charge on any atom is 0.0920 e. The highest BCUT2D eigenvalue weighted by molar-refractivity contribution is 5.66. The third-order valence-corrected chi connectivity index (χ3v) is 2.94. The molecule has 0 atom stereocenters. The number of benzene rings is 1. The largest absolute Gasteiger partial charge is 0.412 e. The Morgan fingerprint density at radius 2 is 1.71 bits per heavy atom. The number of hydrogen-bond donors (Lipinski definition) is 0. The highest BCUT2D eigenvalue weighted by Gasteiger charge is 2.08. The van der Waals surface area contributed by atoms with Gasteiger partial charge in [-0.05, 0) is 38.8 Å². The van der Waals surface area contributed by atoms with Crippen LogP contribution in [0, 0.1) is 27.7 Å². The molecule has 1 aromatic heterocycles. The fraction of sp³-hybridized carbons (Fsp3) is 0.286. The summed E-state index contributed by atoms with van der Waals surface area (Å²) in [7, 11) is 0. The van der Waals surface area contributed by atoms with Crippen LogP contribution in [0.3, 0.4) is 0 Å². The van der Waals surface area contributed by atoms with Gasteiger partial charge in [0, 0.05) is 11.8 Å². The number of rotatable bonds is 1. The standard InChI is InChI=1S/C14H16N2.H2O/c1-9-6-5-7-13(11(9)3)14-12(4)15-8-10(2)16-14;/h5-8H,1-4H3;1H2. The van der Waals surface area contributed by atoms with E-state index in [0.717, 1.165) is 17.1 Å². The average Bonchev–Trinajstić information content (AvgIpc) is 2.26. The summed E-state index contributed by atoms with van der Waals surface area (Å²) in [6.45, 7) is 8.23. The van der Waals surface area contributed by atoms with Crippen molar-refractivity contribution in [1.29, 1.82) is 0 Å². The molecule has 0 saturated heterocycles. The molecule has 17 heavy (non-hydrogen) atoms. The van der Waals surface area contributed by atoms with Gasteiger partial charge in [0.1, 0.15) is 0 Å². The van der Waals surface area contributed by atoms with E-state index in [1.165, 1.54) is 16.7 Å². The smallest absolute Gasteiger partial charge is 0.0920 e. The van der Waals surface area contributed by atoms with Crippen molar-refractivity contribution in [3.63, 3.8) is 0 Å². The van der Waals surface area contributed by atoms with Gasteiger partial charge in [-0.1, -0.05) is 18.2 Å². The highest BCUT2D eigenvalue weighted by Crippen LogP contribution is 2.25. The molecule has 0 bridgehead atoms. The zero-order valence-electron chi connectivity index (χ0n) is 10.7. The molecule has 0 unspecified atom stereocenters. The van der Waals surface area contributed by atoms with Crippen LogP contribution < -0.4 is 0 Å². The summed E-state index contributed by atoms with van der Waals surface area (Å²) in [5, 5.41) is 0. The van der Waals surface area contributed by atoms with E-state index in [1.54, 1.807) is 0 Å². The van der Waals surface area contributed by atoms with Crippen molar-refractivity contribution >= 4 is 0 Å². The summed E-state index contributed by atoms with van der Waals surface area (Å²) < 4.78 is 0. The Morgan fingerprint density at radius 3 is 2.41 bits per heavy atom. The molecule has 3 heteroatoms. The summed E-state index contributed by atoms with van der Waals surface area (Å²) in [5.74, 6) is 0. The van der Waals surface area contributed by atoms with Gasteiger partial charge in [0.05, 0.1) is 17.1 Å². The Bertz CT molecular complexity index is 536. The molecule has 2 N–H and O–H groups in total. The zero-order valence-corrected chi connectivity index (χ0v) is 10.7. The summed E-state index contributed by atoms with van der Waals surface area (Å²) in [5.41, 5.74) is 6.71. The van der Waals surface area contributed by atoms with Gasteiger partial charge in [0.2, 0.25) is 0 Å². The van der Waals surface area contributed by atoms with Gasteiger partial charge in [0.25, 0.3) is 0 Å². The first-order valence-electron chi connectivity index (χ1n) is 5.46. The lowest BCUT2D eigenvalue weighted by Crippen LogP contribution is -1.97. The monoisotopic (exact) mass is 230 g/mol. The maximum absolute atomic E-state index is 4.58. The molecule has 0 aliphatic carbocycles. The van der Waals surface area contributed by atoms with Crippen molar-refractivity contribution in [2.75, 3.05) is 0 Å². The number of aryl methyl sites for hydroxylation is 3. The molecule has 0 radical (unpaired) electrons. The molecule has 3 nitrogen and oxygen atoms in total. The second kappa shape index (κ2) is 5.06. The van der Waals surface area contributed by atoms with Crippen LogP contribution in [0.15, 0.2) is 24.4 Å². The molecular weight excluding hydrogens is 212 g/mol. The fourth-order valence-corrected chi connectivity index (χ4v) is 1.80. The van der Waals surface area contributed by atoms with Crippen LogP contribution in [-0.2, 0) is 0 Å². The molecule has 1 aromatic carbocycles. The van der Waals surface area contributed by atoms with E-state index in [0.29, 0.717) is 0 Å². The minimum Gasteiger partial charge on any atom is -0.412 e. The normalized spacial score (nSPS) is 9.88. The van der Waals surface area contributed by atoms with Crippen LogP contribution in [0.2, 0.25) is 0 Å². The second-order valence-electron chi connectivity index (χ2n) is 4.19. The maximum atomic E-state index is 4.58. The molecule has 2 aromatic rings. The molecule has 0 aliphatic heterocycles. The van der Waals surface area contributed by atoms with Crippen molar-refractivity contribution < 1.29 is 5.48 Å². The van der Waals surface area contributed by atoms with Gasteiger partial charge >= 0.3 is 0 Å². The van der Waals surface area contributed by atoms with Crippen molar-refractivity contribution in [3.05, 3.63) is 46.9 Å². The van der Waals surface area contributed by atoms with Gasteiger partial charge in [-0.3, -0.25) is 4.98 Å². The Balaban J connectivity index is 0.00000144. The molecule has 90 valence electrons. The van der Waals surface area contributed by atoms with E-state index in [9.17, 15) is 0 Å². The molecule has 0 saturated carbocycles. The lowest BCUT2D eigenvalue weighted by Gasteiger charge is -2.10. The van der Waals surface area contributed by atoms with Gasteiger partial charge in [0.15, 0.2) is 0 Å². The topological polar surface area (TPSA) is 57.3 Å². The fourth-order valence-electron chi connectivity index (χ4n) is 1.80. The summed E-state index contributed by atoms with van der Waals surface area (Å²) in [4.78, 5) is 8.95. The first kappa shape index (κ1) is 13.3. The van der Waals surface area contributed by atoms with E-state index in [1.807, 2.05) is 20.0 Å². The minimum absolute atomic E-state index is 0. The third kappa shape index (κ3) is 2.50. The number of nitrogens with zero attached hydrogens (tertiary/aromatic N) is 2.